The Morgan fingerprint density at radius 2 is 2.12 bits per heavy atom. The molecule has 17 heavy (non-hydrogen) atoms. The first kappa shape index (κ1) is 11.4. The third kappa shape index (κ3) is 3.13. The van der Waals surface area contributed by atoms with Crippen molar-refractivity contribution in [1.29, 1.82) is 0 Å². The van der Waals surface area contributed by atoms with Crippen LogP contribution in [-0.2, 0) is 6.54 Å². The van der Waals surface area contributed by atoms with Crippen LogP contribution in [0.15, 0.2) is 18.2 Å². The standard InChI is InChI=1S/C13H19N3S/c1-2-12(10-14-11-4-5-11)15-13(3-1)16-6-8-17-9-7-16/h1-3,11,14H,4-10H2. The van der Waals surface area contributed by atoms with Crippen molar-refractivity contribution in [3.8, 4) is 0 Å². The number of pyridine rings is 1. The van der Waals surface area contributed by atoms with E-state index in [-0.39, 0.29) is 0 Å². The number of nitrogens with zero attached hydrogens (tertiary/aromatic N) is 2. The molecule has 3 rings (SSSR count). The highest BCUT2D eigenvalue weighted by atomic mass is 32.2. The van der Waals surface area contributed by atoms with E-state index in [4.69, 9.17) is 4.98 Å². The minimum absolute atomic E-state index is 0.756. The first-order valence-corrected chi connectivity index (χ1v) is 7.59. The van der Waals surface area contributed by atoms with Gasteiger partial charge in [-0.25, -0.2) is 4.98 Å². The van der Waals surface area contributed by atoms with Gasteiger partial charge in [-0.1, -0.05) is 6.07 Å². The second-order valence-corrected chi connectivity index (χ2v) is 5.97. The third-order valence-electron chi connectivity index (χ3n) is 3.28. The van der Waals surface area contributed by atoms with Crippen LogP contribution in [-0.4, -0.2) is 35.6 Å². The lowest BCUT2D eigenvalue weighted by molar-refractivity contribution is 0.672. The van der Waals surface area contributed by atoms with Crippen LogP contribution < -0.4 is 10.2 Å². The molecule has 3 nitrogen and oxygen atoms in total. The largest absolute Gasteiger partial charge is 0.355 e. The minimum Gasteiger partial charge on any atom is -0.355 e. The fourth-order valence-electron chi connectivity index (χ4n) is 2.07. The van der Waals surface area contributed by atoms with Gasteiger partial charge in [-0.3, -0.25) is 0 Å². The Hall–Kier alpha value is -0.740. The Balaban J connectivity index is 1.64. The smallest absolute Gasteiger partial charge is 0.128 e. The summed E-state index contributed by atoms with van der Waals surface area (Å²) in [4.78, 5) is 7.15. The quantitative estimate of drug-likeness (QED) is 0.882. The average molecular weight is 249 g/mol. The van der Waals surface area contributed by atoms with E-state index in [1.54, 1.807) is 0 Å². The zero-order chi connectivity index (χ0) is 11.5. The maximum Gasteiger partial charge on any atom is 0.128 e. The SMILES string of the molecule is c1cc(CNC2CC2)nc(N2CCSCC2)c1. The van der Waals surface area contributed by atoms with Gasteiger partial charge in [-0.05, 0) is 25.0 Å². The van der Waals surface area contributed by atoms with Crippen LogP contribution in [0.2, 0.25) is 0 Å². The van der Waals surface area contributed by atoms with Crippen LogP contribution in [0.3, 0.4) is 0 Å². The molecule has 0 bridgehead atoms. The van der Waals surface area contributed by atoms with E-state index in [2.05, 4.69) is 28.4 Å². The molecule has 2 fully saturated rings. The Morgan fingerprint density at radius 1 is 1.29 bits per heavy atom. The molecule has 0 spiro atoms. The topological polar surface area (TPSA) is 28.2 Å². The molecule has 1 saturated heterocycles. The van der Waals surface area contributed by atoms with Gasteiger partial charge in [-0.15, -0.1) is 0 Å². The van der Waals surface area contributed by atoms with E-state index in [0.717, 1.165) is 31.5 Å². The molecular formula is C13H19N3S. The van der Waals surface area contributed by atoms with Gasteiger partial charge in [0.1, 0.15) is 5.82 Å². The normalized spacial score (nSPS) is 20.6. The zero-order valence-electron chi connectivity index (χ0n) is 10.1. The van der Waals surface area contributed by atoms with Crippen molar-refractivity contribution in [1.82, 2.24) is 10.3 Å². The Morgan fingerprint density at radius 3 is 2.88 bits per heavy atom. The van der Waals surface area contributed by atoms with Crippen LogP contribution >= 0.6 is 11.8 Å². The lowest BCUT2D eigenvalue weighted by Gasteiger charge is -2.27. The molecule has 1 aromatic heterocycles. The van der Waals surface area contributed by atoms with Gasteiger partial charge in [0.25, 0.3) is 0 Å². The Labute approximate surface area is 107 Å². The van der Waals surface area contributed by atoms with E-state index >= 15 is 0 Å². The van der Waals surface area contributed by atoms with Crippen LogP contribution in [0.25, 0.3) is 0 Å². The number of aromatic nitrogens is 1. The van der Waals surface area contributed by atoms with Crippen LogP contribution in [0.5, 0.6) is 0 Å². The number of thioether (sulfide) groups is 1. The molecule has 1 N–H and O–H groups in total. The van der Waals surface area contributed by atoms with E-state index in [1.165, 1.54) is 30.0 Å². The maximum atomic E-state index is 4.75. The molecule has 0 unspecified atom stereocenters. The molecule has 0 aromatic carbocycles. The second-order valence-electron chi connectivity index (χ2n) is 4.74. The molecule has 2 heterocycles. The minimum atomic E-state index is 0.756. The number of nitrogens with one attached hydrogen (secondary N) is 1. The van der Waals surface area contributed by atoms with E-state index in [0.29, 0.717) is 0 Å². The summed E-state index contributed by atoms with van der Waals surface area (Å²) in [5, 5.41) is 3.52. The summed E-state index contributed by atoms with van der Waals surface area (Å²) in [5.41, 5.74) is 1.17. The lowest BCUT2D eigenvalue weighted by Crippen LogP contribution is -2.33. The average Bonchev–Trinajstić information content (AvgIpc) is 3.22. The number of rotatable bonds is 4. The molecule has 92 valence electrons. The van der Waals surface area contributed by atoms with Crippen molar-refractivity contribution in [2.75, 3.05) is 29.5 Å². The molecule has 1 aliphatic heterocycles. The summed E-state index contributed by atoms with van der Waals surface area (Å²) >= 11 is 2.04. The summed E-state index contributed by atoms with van der Waals surface area (Å²) in [6.45, 7) is 3.19. The van der Waals surface area contributed by atoms with Gasteiger partial charge in [0, 0.05) is 37.2 Å². The van der Waals surface area contributed by atoms with Crippen LogP contribution in [0.4, 0.5) is 5.82 Å². The molecule has 1 saturated carbocycles. The summed E-state index contributed by atoms with van der Waals surface area (Å²) in [6.07, 6.45) is 2.67. The molecule has 0 atom stereocenters. The van der Waals surface area contributed by atoms with E-state index in [1.807, 2.05) is 11.8 Å². The molecule has 1 aromatic rings. The first-order valence-electron chi connectivity index (χ1n) is 6.44. The van der Waals surface area contributed by atoms with Gasteiger partial charge in [0.05, 0.1) is 5.69 Å². The predicted molar refractivity (Wildman–Crippen MR) is 73.6 cm³/mol. The highest BCUT2D eigenvalue weighted by molar-refractivity contribution is 7.99. The van der Waals surface area contributed by atoms with Crippen molar-refractivity contribution in [2.24, 2.45) is 0 Å². The summed E-state index contributed by atoms with van der Waals surface area (Å²) in [7, 11) is 0. The summed E-state index contributed by atoms with van der Waals surface area (Å²) in [6, 6.07) is 7.15. The Bertz CT molecular complexity index is 373. The Kier molecular flexibility index (Phi) is 3.52. The van der Waals surface area contributed by atoms with Crippen LogP contribution in [0.1, 0.15) is 18.5 Å². The van der Waals surface area contributed by atoms with Crippen molar-refractivity contribution < 1.29 is 0 Å². The molecule has 4 heteroatoms. The fraction of sp³-hybridized carbons (Fsp3) is 0.615. The van der Waals surface area contributed by atoms with Crippen molar-refractivity contribution in [3.05, 3.63) is 23.9 Å². The van der Waals surface area contributed by atoms with E-state index in [9.17, 15) is 0 Å². The molecule has 0 amide bonds. The first-order chi connectivity index (χ1) is 8.42. The van der Waals surface area contributed by atoms with Gasteiger partial charge < -0.3 is 10.2 Å². The number of anilines is 1. The zero-order valence-corrected chi connectivity index (χ0v) is 10.9. The fourth-order valence-corrected chi connectivity index (χ4v) is 2.97. The monoisotopic (exact) mass is 249 g/mol. The van der Waals surface area contributed by atoms with Crippen molar-refractivity contribution in [2.45, 2.75) is 25.4 Å². The molecule has 2 aliphatic rings. The molecule has 0 radical (unpaired) electrons. The molecule has 1 aliphatic carbocycles. The maximum absolute atomic E-state index is 4.75. The van der Waals surface area contributed by atoms with E-state index < -0.39 is 0 Å². The highest BCUT2D eigenvalue weighted by Gasteiger charge is 2.20. The summed E-state index contributed by atoms with van der Waals surface area (Å²) < 4.78 is 0. The van der Waals surface area contributed by atoms with Gasteiger partial charge in [-0.2, -0.15) is 11.8 Å². The van der Waals surface area contributed by atoms with Gasteiger partial charge >= 0.3 is 0 Å². The predicted octanol–water partition coefficient (Wildman–Crippen LogP) is 1.89. The lowest BCUT2D eigenvalue weighted by atomic mass is 10.3. The number of hydrogen-bond donors (Lipinski definition) is 1. The third-order valence-corrected chi connectivity index (χ3v) is 4.22. The number of hydrogen-bond acceptors (Lipinski definition) is 4. The highest BCUT2D eigenvalue weighted by Crippen LogP contribution is 2.20. The van der Waals surface area contributed by atoms with Crippen molar-refractivity contribution in [3.63, 3.8) is 0 Å². The van der Waals surface area contributed by atoms with Crippen LogP contribution in [0, 0.1) is 0 Å². The van der Waals surface area contributed by atoms with Crippen molar-refractivity contribution >= 4 is 17.6 Å². The molecular weight excluding hydrogens is 230 g/mol. The van der Waals surface area contributed by atoms with Gasteiger partial charge in [0.2, 0.25) is 0 Å². The second kappa shape index (κ2) is 5.27. The summed E-state index contributed by atoms with van der Waals surface area (Å²) in [5.74, 6) is 3.61. The van der Waals surface area contributed by atoms with Gasteiger partial charge in [0.15, 0.2) is 0 Å².